The molecule has 2 N–H and O–H groups in total. The van der Waals surface area contributed by atoms with Crippen molar-refractivity contribution >= 4 is 39.5 Å². The summed E-state index contributed by atoms with van der Waals surface area (Å²) >= 11 is 0. The number of carbonyl (C=O) groups excluding carboxylic acids is 1. The van der Waals surface area contributed by atoms with Crippen LogP contribution in [0.1, 0.15) is 44.9 Å². The van der Waals surface area contributed by atoms with Crippen molar-refractivity contribution in [3.8, 4) is 0 Å². The van der Waals surface area contributed by atoms with Crippen LogP contribution in [0.4, 0.5) is 0 Å². The summed E-state index contributed by atoms with van der Waals surface area (Å²) in [4.78, 5) is 36.1. The lowest BCUT2D eigenvalue weighted by Crippen LogP contribution is -2.19. The molecular formula is C20H16O6. The number of carbonyl (C=O) groups is 3. The summed E-state index contributed by atoms with van der Waals surface area (Å²) < 4.78 is 5.13. The van der Waals surface area contributed by atoms with Crippen LogP contribution in [0.15, 0.2) is 42.5 Å². The van der Waals surface area contributed by atoms with Crippen LogP contribution in [0, 0.1) is 0 Å². The SMILES string of the molecule is CC(C)OC(=O)c1cc2c(ccc3ccccc32)c(C(=O)O)c1C(=O)O. The molecular weight excluding hydrogens is 336 g/mol. The number of esters is 1. The topological polar surface area (TPSA) is 101 Å². The summed E-state index contributed by atoms with van der Waals surface area (Å²) in [6, 6.07) is 12.0. The average molecular weight is 352 g/mol. The van der Waals surface area contributed by atoms with Crippen molar-refractivity contribution in [2.24, 2.45) is 0 Å². The molecule has 0 aliphatic rings. The lowest BCUT2D eigenvalue weighted by molar-refractivity contribution is 0.0371. The van der Waals surface area contributed by atoms with Crippen LogP contribution >= 0.6 is 0 Å². The number of ether oxygens (including phenoxy) is 1. The molecule has 0 aliphatic heterocycles. The highest BCUT2D eigenvalue weighted by Crippen LogP contribution is 2.32. The Morgan fingerprint density at radius 2 is 1.50 bits per heavy atom. The van der Waals surface area contributed by atoms with Gasteiger partial charge in [-0.25, -0.2) is 14.4 Å². The predicted molar refractivity (Wildman–Crippen MR) is 95.9 cm³/mol. The normalized spacial score (nSPS) is 11.0. The second-order valence-corrected chi connectivity index (χ2v) is 6.12. The second kappa shape index (κ2) is 6.48. The Kier molecular flexibility index (Phi) is 4.34. The minimum Gasteiger partial charge on any atom is -0.478 e. The molecule has 0 radical (unpaired) electrons. The molecule has 26 heavy (non-hydrogen) atoms. The van der Waals surface area contributed by atoms with E-state index in [0.29, 0.717) is 5.39 Å². The van der Waals surface area contributed by atoms with Gasteiger partial charge in [0.25, 0.3) is 0 Å². The third-order valence-electron chi connectivity index (χ3n) is 4.04. The number of carboxylic acids is 2. The third-order valence-corrected chi connectivity index (χ3v) is 4.04. The molecule has 0 unspecified atom stereocenters. The first kappa shape index (κ1) is 17.4. The molecule has 3 rings (SSSR count). The van der Waals surface area contributed by atoms with Gasteiger partial charge in [-0.2, -0.15) is 0 Å². The van der Waals surface area contributed by atoms with E-state index in [1.165, 1.54) is 6.07 Å². The average Bonchev–Trinajstić information content (AvgIpc) is 2.58. The summed E-state index contributed by atoms with van der Waals surface area (Å²) in [5.41, 5.74) is -1.25. The quantitative estimate of drug-likeness (QED) is 0.544. The van der Waals surface area contributed by atoms with Crippen LogP contribution in [0.3, 0.4) is 0 Å². The first-order chi connectivity index (χ1) is 12.3. The maximum atomic E-state index is 12.5. The molecule has 3 aromatic rings. The van der Waals surface area contributed by atoms with Gasteiger partial charge in [0.15, 0.2) is 0 Å². The van der Waals surface area contributed by atoms with Crippen LogP contribution in [-0.4, -0.2) is 34.2 Å². The van der Waals surface area contributed by atoms with Crippen LogP contribution in [0.25, 0.3) is 21.5 Å². The van der Waals surface area contributed by atoms with Crippen molar-refractivity contribution in [1.82, 2.24) is 0 Å². The number of hydrogen-bond donors (Lipinski definition) is 2. The molecule has 0 aromatic heterocycles. The fraction of sp³-hybridized carbons (Fsp3) is 0.150. The monoisotopic (exact) mass is 352 g/mol. The summed E-state index contributed by atoms with van der Waals surface area (Å²) in [5, 5.41) is 21.6. The van der Waals surface area contributed by atoms with Crippen molar-refractivity contribution in [1.29, 1.82) is 0 Å². The lowest BCUT2D eigenvalue weighted by atomic mass is 9.91. The van der Waals surface area contributed by atoms with Gasteiger partial charge >= 0.3 is 17.9 Å². The third kappa shape index (κ3) is 2.86. The van der Waals surface area contributed by atoms with E-state index in [2.05, 4.69) is 0 Å². The minimum absolute atomic E-state index is 0.259. The van der Waals surface area contributed by atoms with Gasteiger partial charge in [-0.15, -0.1) is 0 Å². The van der Waals surface area contributed by atoms with E-state index >= 15 is 0 Å². The number of aromatic carboxylic acids is 2. The Bertz CT molecular complexity index is 1060. The van der Waals surface area contributed by atoms with E-state index in [-0.39, 0.29) is 10.9 Å². The summed E-state index contributed by atoms with van der Waals surface area (Å²) in [6.07, 6.45) is -0.472. The first-order valence-corrected chi connectivity index (χ1v) is 7.97. The number of benzene rings is 3. The molecule has 132 valence electrons. The zero-order valence-corrected chi connectivity index (χ0v) is 14.1. The van der Waals surface area contributed by atoms with E-state index in [4.69, 9.17) is 4.74 Å². The number of fused-ring (bicyclic) bond motifs is 3. The Hall–Kier alpha value is -3.41. The van der Waals surface area contributed by atoms with Gasteiger partial charge in [0.05, 0.1) is 22.8 Å². The molecule has 6 nitrogen and oxygen atoms in total. The molecule has 0 bridgehead atoms. The summed E-state index contributed by atoms with van der Waals surface area (Å²) in [5.74, 6) is -3.77. The first-order valence-electron chi connectivity index (χ1n) is 7.97. The van der Waals surface area contributed by atoms with Gasteiger partial charge in [-0.3, -0.25) is 0 Å². The highest BCUT2D eigenvalue weighted by Gasteiger charge is 2.28. The number of hydrogen-bond acceptors (Lipinski definition) is 4. The molecule has 0 atom stereocenters. The van der Waals surface area contributed by atoms with Gasteiger partial charge in [0.1, 0.15) is 0 Å². The van der Waals surface area contributed by atoms with Crippen molar-refractivity contribution in [3.63, 3.8) is 0 Å². The van der Waals surface area contributed by atoms with Crippen molar-refractivity contribution in [3.05, 3.63) is 59.2 Å². The minimum atomic E-state index is -1.49. The Balaban J connectivity index is 2.50. The zero-order valence-electron chi connectivity index (χ0n) is 14.1. The van der Waals surface area contributed by atoms with E-state index < -0.39 is 35.1 Å². The Labute approximate surface area is 148 Å². The Morgan fingerprint density at radius 3 is 2.12 bits per heavy atom. The lowest BCUT2D eigenvalue weighted by Gasteiger charge is -2.15. The summed E-state index contributed by atoms with van der Waals surface area (Å²) in [6.45, 7) is 3.26. The molecule has 3 aromatic carbocycles. The predicted octanol–water partition coefficient (Wildman–Crippen LogP) is 3.95. The molecule has 0 fully saturated rings. The second-order valence-electron chi connectivity index (χ2n) is 6.12. The largest absolute Gasteiger partial charge is 0.478 e. The van der Waals surface area contributed by atoms with Gasteiger partial charge in [0, 0.05) is 0 Å². The maximum absolute atomic E-state index is 12.5. The van der Waals surface area contributed by atoms with Crippen LogP contribution < -0.4 is 0 Å². The van der Waals surface area contributed by atoms with E-state index in [9.17, 15) is 24.6 Å². The fourth-order valence-electron chi connectivity index (χ4n) is 3.04. The van der Waals surface area contributed by atoms with Crippen LogP contribution in [0.2, 0.25) is 0 Å². The smallest absolute Gasteiger partial charge is 0.339 e. The van der Waals surface area contributed by atoms with Crippen LogP contribution in [0.5, 0.6) is 0 Å². The highest BCUT2D eigenvalue weighted by molar-refractivity contribution is 6.21. The van der Waals surface area contributed by atoms with Crippen molar-refractivity contribution in [2.75, 3.05) is 0 Å². The molecule has 6 heteroatoms. The van der Waals surface area contributed by atoms with Gasteiger partial charge in [0.2, 0.25) is 0 Å². The standard InChI is InChI=1S/C20H16O6/c1-10(2)26-20(25)15-9-14-12-6-4-3-5-11(12)7-8-13(14)16(18(21)22)17(15)19(23)24/h3-10H,1-2H3,(H,21,22)(H,23,24). The van der Waals surface area contributed by atoms with Gasteiger partial charge < -0.3 is 14.9 Å². The van der Waals surface area contributed by atoms with Crippen molar-refractivity contribution < 1.29 is 29.3 Å². The summed E-state index contributed by atoms with van der Waals surface area (Å²) in [7, 11) is 0. The molecule has 0 heterocycles. The van der Waals surface area contributed by atoms with Gasteiger partial charge in [-0.1, -0.05) is 36.4 Å². The van der Waals surface area contributed by atoms with Gasteiger partial charge in [-0.05, 0) is 41.5 Å². The molecule has 0 saturated carbocycles. The Morgan fingerprint density at radius 1 is 0.846 bits per heavy atom. The molecule has 0 saturated heterocycles. The molecule has 0 amide bonds. The van der Waals surface area contributed by atoms with E-state index in [1.807, 2.05) is 12.1 Å². The van der Waals surface area contributed by atoms with E-state index in [1.54, 1.807) is 38.1 Å². The zero-order chi connectivity index (χ0) is 19.0. The van der Waals surface area contributed by atoms with Crippen molar-refractivity contribution in [2.45, 2.75) is 20.0 Å². The number of rotatable bonds is 4. The maximum Gasteiger partial charge on any atom is 0.339 e. The molecule has 0 aliphatic carbocycles. The van der Waals surface area contributed by atoms with E-state index in [0.717, 1.165) is 10.8 Å². The fourth-order valence-corrected chi connectivity index (χ4v) is 3.04. The number of carboxylic acid groups (broad SMARTS) is 2. The van der Waals surface area contributed by atoms with Crippen LogP contribution in [-0.2, 0) is 4.74 Å². The highest BCUT2D eigenvalue weighted by atomic mass is 16.5. The molecule has 0 spiro atoms.